The number of nitrogens with one attached hydrogen (secondary N) is 7. The second kappa shape index (κ2) is 32.2. The molecule has 2 saturated heterocycles. The van der Waals surface area contributed by atoms with Gasteiger partial charge < -0.3 is 57.9 Å². The second-order valence-corrected chi connectivity index (χ2v) is 23.3. The van der Waals surface area contributed by atoms with Gasteiger partial charge in [0.25, 0.3) is 0 Å². The van der Waals surface area contributed by atoms with Crippen molar-refractivity contribution in [1.29, 1.82) is 0 Å². The fraction of sp³-hybridized carbons (Fsp3) is 0.548. The maximum absolute atomic E-state index is 14.5. The minimum Gasteiger partial charge on any atom is -0.480 e. The van der Waals surface area contributed by atoms with Crippen LogP contribution in [0.5, 0.6) is 0 Å². The molecule has 0 unspecified atom stereocenters. The van der Waals surface area contributed by atoms with Crippen LogP contribution in [-0.4, -0.2) is 148 Å². The molecule has 83 heavy (non-hydrogen) atoms. The molecular formula is C62H88N10O11. The zero-order valence-corrected chi connectivity index (χ0v) is 49.4. The topological polar surface area (TPSA) is 308 Å². The summed E-state index contributed by atoms with van der Waals surface area (Å²) in [5, 5.41) is 29.1. The van der Waals surface area contributed by atoms with E-state index in [0.29, 0.717) is 49.7 Å². The van der Waals surface area contributed by atoms with E-state index in [-0.39, 0.29) is 50.6 Å². The summed E-state index contributed by atoms with van der Waals surface area (Å²) in [7, 11) is 0. The highest BCUT2D eigenvalue weighted by atomic mass is 16.4. The molecule has 452 valence electrons. The Morgan fingerprint density at radius 2 is 0.952 bits per heavy atom. The van der Waals surface area contributed by atoms with Gasteiger partial charge in [0.2, 0.25) is 53.2 Å². The predicted octanol–water partition coefficient (Wildman–Crippen LogP) is 2.93. The fourth-order valence-corrected chi connectivity index (χ4v) is 10.5. The summed E-state index contributed by atoms with van der Waals surface area (Å²) in [5.74, 6) is -7.68. The Hall–Kier alpha value is -7.68. The third-order valence-corrected chi connectivity index (χ3v) is 15.3. The predicted molar refractivity (Wildman–Crippen MR) is 313 cm³/mol. The second-order valence-electron chi connectivity index (χ2n) is 23.3. The van der Waals surface area contributed by atoms with Gasteiger partial charge in [-0.15, -0.1) is 0 Å². The third kappa shape index (κ3) is 20.0. The lowest BCUT2D eigenvalue weighted by Gasteiger charge is -2.32. The van der Waals surface area contributed by atoms with Gasteiger partial charge in [-0.25, -0.2) is 4.79 Å². The molecule has 21 nitrogen and oxygen atoms in total. The first-order valence-electron chi connectivity index (χ1n) is 29.3. The van der Waals surface area contributed by atoms with E-state index >= 15 is 0 Å². The lowest BCUT2D eigenvalue weighted by molar-refractivity contribution is -0.146. The van der Waals surface area contributed by atoms with Crippen LogP contribution >= 0.6 is 0 Å². The molecule has 2 aliphatic heterocycles. The molecule has 3 aromatic carbocycles. The van der Waals surface area contributed by atoms with Crippen molar-refractivity contribution < 1.29 is 53.1 Å². The van der Waals surface area contributed by atoms with Crippen LogP contribution in [0, 0.1) is 23.7 Å². The molecule has 0 aromatic heterocycles. The Kier molecular flexibility index (Phi) is 25.7. The third-order valence-electron chi connectivity index (χ3n) is 15.3. The molecule has 3 aromatic rings. The maximum Gasteiger partial charge on any atom is 0.326 e. The fourth-order valence-electron chi connectivity index (χ4n) is 10.5. The quantitative estimate of drug-likeness (QED) is 0.0466. The number of rotatable bonds is 30. The van der Waals surface area contributed by atoms with E-state index in [4.69, 9.17) is 5.73 Å². The standard InChI is InChI=1S/C62H88N10O11/c1-9-40(8)53(59(79)68-48(32-38(4)5)61(81)72-30-20-28-50(72)58(78)69-52(39(6)7)62(82)83)70-56(76)46(35-43-25-17-12-18-26-43)65-51(73)36-64-55(75)45(34-42-23-15-11-16-24-42)66-57(77)49-27-19-29-71(49)60(80)47(31-37(2)3)67-54(74)44(63)33-41-21-13-10-14-22-41/h10-18,21-26,37-40,44-50,52-53H,9,19-20,27-36,63H2,1-8H3,(H,64,75)(H,65,73)(H,66,77)(H,67,74)(H,68,79)(H,69,78)(H,70,76)(H,82,83)/t40-,44-,45-,46-,47-,48-,49-,50-,52-,53-/m0/s1. The molecule has 0 radical (unpaired) electrons. The van der Waals surface area contributed by atoms with Crippen LogP contribution in [0.3, 0.4) is 0 Å². The van der Waals surface area contributed by atoms with E-state index in [0.717, 1.165) is 5.56 Å². The van der Waals surface area contributed by atoms with Crippen LogP contribution in [-0.2, 0) is 67.2 Å². The molecule has 10 N–H and O–H groups in total. The number of amides is 9. The largest absolute Gasteiger partial charge is 0.480 e. The highest BCUT2D eigenvalue weighted by Gasteiger charge is 2.42. The van der Waals surface area contributed by atoms with Crippen LogP contribution in [0.1, 0.15) is 117 Å². The number of hydrogen-bond donors (Lipinski definition) is 9. The van der Waals surface area contributed by atoms with Gasteiger partial charge in [0, 0.05) is 25.9 Å². The lowest BCUT2D eigenvalue weighted by atomic mass is 9.95. The van der Waals surface area contributed by atoms with Gasteiger partial charge in [0.05, 0.1) is 12.6 Å². The Morgan fingerprint density at radius 3 is 1.39 bits per heavy atom. The van der Waals surface area contributed by atoms with Crippen LogP contribution in [0.2, 0.25) is 0 Å². The Bertz CT molecular complexity index is 2680. The lowest BCUT2D eigenvalue weighted by Crippen LogP contribution is -2.60. The molecule has 0 spiro atoms. The Morgan fingerprint density at radius 1 is 0.518 bits per heavy atom. The molecule has 9 amide bonds. The summed E-state index contributed by atoms with van der Waals surface area (Å²) < 4.78 is 0. The van der Waals surface area contributed by atoms with E-state index in [2.05, 4.69) is 37.2 Å². The number of carbonyl (C=O) groups excluding carboxylic acids is 9. The van der Waals surface area contributed by atoms with E-state index in [9.17, 15) is 53.1 Å². The molecule has 10 atom stereocenters. The zero-order valence-electron chi connectivity index (χ0n) is 49.4. The van der Waals surface area contributed by atoms with Gasteiger partial charge in [-0.3, -0.25) is 43.2 Å². The van der Waals surface area contributed by atoms with Gasteiger partial charge in [-0.2, -0.15) is 0 Å². The smallest absolute Gasteiger partial charge is 0.326 e. The molecule has 21 heteroatoms. The minimum atomic E-state index is -1.27. The van der Waals surface area contributed by atoms with Crippen molar-refractivity contribution in [2.75, 3.05) is 19.6 Å². The molecule has 2 heterocycles. The van der Waals surface area contributed by atoms with Gasteiger partial charge in [0.1, 0.15) is 48.3 Å². The molecule has 0 saturated carbocycles. The monoisotopic (exact) mass is 1150 g/mol. The highest BCUT2D eigenvalue weighted by Crippen LogP contribution is 2.24. The number of carboxylic acid groups (broad SMARTS) is 1. The number of hydrogen-bond acceptors (Lipinski definition) is 11. The molecule has 0 bridgehead atoms. The van der Waals surface area contributed by atoms with Crippen LogP contribution in [0.4, 0.5) is 0 Å². The molecule has 5 rings (SSSR count). The summed E-state index contributed by atoms with van der Waals surface area (Å²) in [4.78, 5) is 142. The number of carbonyl (C=O) groups is 10. The highest BCUT2D eigenvalue weighted by molar-refractivity contribution is 5.98. The average Bonchev–Trinajstić information content (AvgIpc) is 4.40. The summed E-state index contributed by atoms with van der Waals surface area (Å²) in [6.45, 7) is 14.4. The average molecular weight is 1150 g/mol. The first-order chi connectivity index (χ1) is 39.5. The zero-order chi connectivity index (χ0) is 60.9. The number of aliphatic carboxylic acids is 1. The van der Waals surface area contributed by atoms with Crippen molar-refractivity contribution in [3.63, 3.8) is 0 Å². The van der Waals surface area contributed by atoms with Crippen LogP contribution in [0.25, 0.3) is 0 Å². The Balaban J connectivity index is 1.29. The van der Waals surface area contributed by atoms with Crippen LogP contribution < -0.4 is 43.0 Å². The van der Waals surface area contributed by atoms with Crippen molar-refractivity contribution >= 4 is 59.1 Å². The molecule has 2 fully saturated rings. The number of benzene rings is 3. The molecular weight excluding hydrogens is 1060 g/mol. The first kappa shape index (κ1) is 66.1. The summed E-state index contributed by atoms with van der Waals surface area (Å²) in [6, 6.07) is 17.3. The number of carboxylic acids is 1. The van der Waals surface area contributed by atoms with E-state index in [1.54, 1.807) is 81.4 Å². The number of nitrogens with two attached hydrogens (primary N) is 1. The van der Waals surface area contributed by atoms with Gasteiger partial charge in [-0.05, 0) is 85.3 Å². The molecule has 0 aliphatic carbocycles. The molecule has 2 aliphatic rings. The van der Waals surface area contributed by atoms with Crippen molar-refractivity contribution in [1.82, 2.24) is 47.0 Å². The van der Waals surface area contributed by atoms with E-state index in [1.165, 1.54) is 9.80 Å². The summed E-state index contributed by atoms with van der Waals surface area (Å²) in [5.41, 5.74) is 8.54. The van der Waals surface area contributed by atoms with E-state index < -0.39 is 132 Å². The SMILES string of the molecule is CC[C@H](C)[C@H](NC(=O)[C@H](Cc1ccccc1)NC(=O)CNC(=O)[C@H](Cc1ccccc1)NC(=O)[C@@H]1CCCN1C(=O)[C@H](CC(C)C)NC(=O)[C@@H](N)Cc1ccccc1)C(=O)N[C@@H](CC(C)C)C(=O)N1CCC[C@H]1C(=O)N[C@H](C(=O)O)C(C)C. The number of likely N-dealkylation sites (tertiary alicyclic amines) is 2. The maximum atomic E-state index is 14.5. The number of nitrogens with zero attached hydrogens (tertiary/aromatic N) is 2. The van der Waals surface area contributed by atoms with Crippen molar-refractivity contribution in [3.05, 3.63) is 108 Å². The summed E-state index contributed by atoms with van der Waals surface area (Å²) >= 11 is 0. The minimum absolute atomic E-state index is 0.00452. The van der Waals surface area contributed by atoms with Gasteiger partial charge in [-0.1, -0.05) is 153 Å². The van der Waals surface area contributed by atoms with Crippen LogP contribution in [0.15, 0.2) is 91.0 Å². The van der Waals surface area contributed by atoms with Gasteiger partial charge >= 0.3 is 5.97 Å². The van der Waals surface area contributed by atoms with E-state index in [1.807, 2.05) is 65.0 Å². The van der Waals surface area contributed by atoms with Crippen molar-refractivity contribution in [3.8, 4) is 0 Å². The van der Waals surface area contributed by atoms with Gasteiger partial charge in [0.15, 0.2) is 0 Å². The Labute approximate surface area is 488 Å². The first-order valence-corrected chi connectivity index (χ1v) is 29.3. The van der Waals surface area contributed by atoms with Crippen molar-refractivity contribution in [2.24, 2.45) is 29.4 Å². The van der Waals surface area contributed by atoms with Crippen molar-refractivity contribution in [2.45, 2.75) is 174 Å². The summed E-state index contributed by atoms with van der Waals surface area (Å²) in [6.07, 6.45) is 2.76. The normalized spacial score (nSPS) is 17.9.